The van der Waals surface area contributed by atoms with Crippen molar-refractivity contribution in [2.45, 2.75) is 33.1 Å². The van der Waals surface area contributed by atoms with E-state index in [0.29, 0.717) is 35.4 Å². The molecule has 0 radical (unpaired) electrons. The molecule has 8 heteroatoms. The number of aromatic nitrogens is 2. The molecule has 8 nitrogen and oxygen atoms in total. The Morgan fingerprint density at radius 2 is 1.64 bits per heavy atom. The van der Waals surface area contributed by atoms with E-state index in [4.69, 9.17) is 14.2 Å². The van der Waals surface area contributed by atoms with Crippen molar-refractivity contribution in [3.63, 3.8) is 0 Å². The SMILES string of the molecule is CCOc1nccc(Oc2ccc(NC(=O)Nc3cc(C(C)(C)C)ccc3OC)c3ccccc23)n1. The molecule has 0 aliphatic rings. The first-order chi connectivity index (χ1) is 17.3. The van der Waals surface area contributed by atoms with Gasteiger partial charge in [-0.15, -0.1) is 0 Å². The number of hydrogen-bond acceptors (Lipinski definition) is 6. The van der Waals surface area contributed by atoms with E-state index >= 15 is 0 Å². The molecule has 4 rings (SSSR count). The predicted molar refractivity (Wildman–Crippen MR) is 142 cm³/mol. The number of methoxy groups -OCH3 is 1. The first kappa shape index (κ1) is 24.8. The molecule has 0 saturated heterocycles. The normalized spacial score (nSPS) is 11.1. The lowest BCUT2D eigenvalue weighted by atomic mass is 9.87. The zero-order chi connectivity index (χ0) is 25.7. The molecule has 0 unspecified atom stereocenters. The van der Waals surface area contributed by atoms with Crippen LogP contribution in [0.4, 0.5) is 16.2 Å². The fourth-order valence-electron chi connectivity index (χ4n) is 3.71. The molecule has 3 aromatic carbocycles. The number of fused-ring (bicyclic) bond motifs is 1. The maximum atomic E-state index is 13.0. The van der Waals surface area contributed by atoms with Gasteiger partial charge >= 0.3 is 12.0 Å². The Morgan fingerprint density at radius 3 is 2.36 bits per heavy atom. The standard InChI is InChI=1S/C28H30N4O4/c1-6-35-27-29-16-15-25(32-27)36-23-14-12-21(19-9-7-8-10-20(19)23)30-26(33)31-22-17-18(28(2,3)4)11-13-24(22)34-5/h7-17H,6H2,1-5H3,(H2,30,31,33). The van der Waals surface area contributed by atoms with Crippen LogP contribution < -0.4 is 24.8 Å². The third-order valence-electron chi connectivity index (χ3n) is 5.54. The summed E-state index contributed by atoms with van der Waals surface area (Å²) in [6.07, 6.45) is 1.58. The molecule has 0 fully saturated rings. The van der Waals surface area contributed by atoms with Crippen LogP contribution in [0.2, 0.25) is 0 Å². The summed E-state index contributed by atoms with van der Waals surface area (Å²) < 4.78 is 16.8. The van der Waals surface area contributed by atoms with E-state index in [0.717, 1.165) is 16.3 Å². The van der Waals surface area contributed by atoms with Crippen molar-refractivity contribution < 1.29 is 19.0 Å². The molecule has 0 spiro atoms. The second-order valence-electron chi connectivity index (χ2n) is 9.11. The maximum Gasteiger partial charge on any atom is 0.323 e. The minimum Gasteiger partial charge on any atom is -0.495 e. The lowest BCUT2D eigenvalue weighted by Gasteiger charge is -2.21. The zero-order valence-electron chi connectivity index (χ0n) is 21.1. The van der Waals surface area contributed by atoms with Crippen LogP contribution in [0.3, 0.4) is 0 Å². The summed E-state index contributed by atoms with van der Waals surface area (Å²) in [5, 5.41) is 7.51. The molecule has 0 aliphatic carbocycles. The summed E-state index contributed by atoms with van der Waals surface area (Å²) in [6, 6.07) is 18.6. The number of benzene rings is 3. The molecule has 2 amide bonds. The van der Waals surface area contributed by atoms with E-state index in [1.807, 2.05) is 49.4 Å². The molecule has 186 valence electrons. The highest BCUT2D eigenvalue weighted by Gasteiger charge is 2.18. The summed E-state index contributed by atoms with van der Waals surface area (Å²) in [7, 11) is 1.58. The molecule has 0 aliphatic heterocycles. The second kappa shape index (κ2) is 10.5. The Hall–Kier alpha value is -4.33. The Morgan fingerprint density at radius 1 is 0.917 bits per heavy atom. The monoisotopic (exact) mass is 486 g/mol. The van der Waals surface area contributed by atoms with Gasteiger partial charge in [-0.3, -0.25) is 0 Å². The van der Waals surface area contributed by atoms with Gasteiger partial charge in [0.05, 0.1) is 25.1 Å². The summed E-state index contributed by atoms with van der Waals surface area (Å²) >= 11 is 0. The van der Waals surface area contributed by atoms with Gasteiger partial charge in [-0.2, -0.15) is 4.98 Å². The fourth-order valence-corrected chi connectivity index (χ4v) is 3.71. The number of carbonyl (C=O) groups is 1. The number of amides is 2. The van der Waals surface area contributed by atoms with Gasteiger partial charge in [0.1, 0.15) is 11.5 Å². The van der Waals surface area contributed by atoms with Crippen molar-refractivity contribution in [3.8, 4) is 23.4 Å². The number of hydrogen-bond donors (Lipinski definition) is 2. The van der Waals surface area contributed by atoms with E-state index in [9.17, 15) is 4.79 Å². The van der Waals surface area contributed by atoms with E-state index in [2.05, 4.69) is 41.4 Å². The quantitative estimate of drug-likeness (QED) is 0.299. The molecule has 1 aromatic heterocycles. The highest BCUT2D eigenvalue weighted by molar-refractivity contribution is 6.08. The molecular weight excluding hydrogens is 456 g/mol. The van der Waals surface area contributed by atoms with Crippen LogP contribution in [0.15, 0.2) is 66.9 Å². The third-order valence-corrected chi connectivity index (χ3v) is 5.54. The molecule has 1 heterocycles. The summed E-state index contributed by atoms with van der Waals surface area (Å²) in [4.78, 5) is 21.3. The van der Waals surface area contributed by atoms with Crippen molar-refractivity contribution in [3.05, 3.63) is 72.4 Å². The largest absolute Gasteiger partial charge is 0.495 e. The number of nitrogens with one attached hydrogen (secondary N) is 2. The van der Waals surface area contributed by atoms with Gasteiger partial charge in [-0.25, -0.2) is 9.78 Å². The maximum absolute atomic E-state index is 13.0. The van der Waals surface area contributed by atoms with Crippen LogP contribution in [-0.4, -0.2) is 29.7 Å². The van der Waals surface area contributed by atoms with E-state index in [1.165, 1.54) is 0 Å². The van der Waals surface area contributed by atoms with Crippen LogP contribution in [0.25, 0.3) is 10.8 Å². The lowest BCUT2D eigenvalue weighted by Crippen LogP contribution is -2.21. The van der Waals surface area contributed by atoms with E-state index in [1.54, 1.807) is 31.5 Å². The summed E-state index contributed by atoms with van der Waals surface area (Å²) in [5.41, 5.74) is 2.25. The zero-order valence-corrected chi connectivity index (χ0v) is 21.1. The average molecular weight is 487 g/mol. The smallest absolute Gasteiger partial charge is 0.323 e. The Balaban J connectivity index is 1.58. The Kier molecular flexibility index (Phi) is 7.24. The topological polar surface area (TPSA) is 94.6 Å². The minimum absolute atomic E-state index is 0.0711. The van der Waals surface area contributed by atoms with Crippen molar-refractivity contribution in [1.82, 2.24) is 9.97 Å². The van der Waals surface area contributed by atoms with Gasteiger partial charge < -0.3 is 24.8 Å². The first-order valence-corrected chi connectivity index (χ1v) is 11.7. The highest BCUT2D eigenvalue weighted by Crippen LogP contribution is 2.35. The van der Waals surface area contributed by atoms with Gasteiger partial charge in [0.15, 0.2) is 0 Å². The Bertz CT molecular complexity index is 1380. The fraction of sp³-hybridized carbons (Fsp3) is 0.250. The van der Waals surface area contributed by atoms with Crippen molar-refractivity contribution in [2.75, 3.05) is 24.4 Å². The van der Waals surface area contributed by atoms with Crippen LogP contribution in [0.1, 0.15) is 33.3 Å². The number of urea groups is 1. The summed E-state index contributed by atoms with van der Waals surface area (Å²) in [5.74, 6) is 1.54. The van der Waals surface area contributed by atoms with Gasteiger partial charge in [-0.05, 0) is 42.2 Å². The van der Waals surface area contributed by atoms with Gasteiger partial charge in [0.2, 0.25) is 5.88 Å². The number of ether oxygens (including phenoxy) is 3. The van der Waals surface area contributed by atoms with Gasteiger partial charge in [0, 0.05) is 23.0 Å². The number of carbonyl (C=O) groups excluding carboxylic acids is 1. The van der Waals surface area contributed by atoms with Crippen molar-refractivity contribution >= 4 is 28.2 Å². The molecule has 36 heavy (non-hydrogen) atoms. The molecule has 2 N–H and O–H groups in total. The number of nitrogens with zero attached hydrogens (tertiary/aromatic N) is 2. The van der Waals surface area contributed by atoms with Gasteiger partial charge in [-0.1, -0.05) is 51.1 Å². The van der Waals surface area contributed by atoms with Crippen LogP contribution >= 0.6 is 0 Å². The average Bonchev–Trinajstić information content (AvgIpc) is 2.85. The third kappa shape index (κ3) is 5.66. The number of rotatable bonds is 7. The second-order valence-corrected chi connectivity index (χ2v) is 9.11. The van der Waals surface area contributed by atoms with Crippen molar-refractivity contribution in [1.29, 1.82) is 0 Å². The lowest BCUT2D eigenvalue weighted by molar-refractivity contribution is 0.262. The molecule has 0 saturated carbocycles. The van der Waals surface area contributed by atoms with Crippen molar-refractivity contribution in [2.24, 2.45) is 0 Å². The van der Waals surface area contributed by atoms with Crippen LogP contribution in [0, 0.1) is 0 Å². The first-order valence-electron chi connectivity index (χ1n) is 11.7. The molecular formula is C28H30N4O4. The molecule has 0 atom stereocenters. The summed E-state index contributed by atoms with van der Waals surface area (Å²) in [6.45, 7) is 8.68. The molecule has 0 bridgehead atoms. The molecule has 4 aromatic rings. The van der Waals surface area contributed by atoms with Gasteiger partial charge in [0.25, 0.3) is 0 Å². The Labute approximate surface area is 210 Å². The minimum atomic E-state index is -0.379. The predicted octanol–water partition coefficient (Wildman–Crippen LogP) is 6.77. The van der Waals surface area contributed by atoms with Crippen LogP contribution in [-0.2, 0) is 5.41 Å². The highest BCUT2D eigenvalue weighted by atomic mass is 16.5. The van der Waals surface area contributed by atoms with E-state index in [-0.39, 0.29) is 17.5 Å². The number of anilines is 2. The van der Waals surface area contributed by atoms with Crippen LogP contribution in [0.5, 0.6) is 23.4 Å². The van der Waals surface area contributed by atoms with E-state index < -0.39 is 0 Å².